The predicted octanol–water partition coefficient (Wildman–Crippen LogP) is 1.99. The normalized spacial score (nSPS) is 11.8. The minimum absolute atomic E-state index is 0.259. The van der Waals surface area contributed by atoms with Gasteiger partial charge >= 0.3 is 0 Å². The van der Waals surface area contributed by atoms with E-state index in [1.165, 1.54) is 5.57 Å². The summed E-state index contributed by atoms with van der Waals surface area (Å²) in [6.07, 6.45) is 1.55. The smallest absolute Gasteiger partial charge is 0.123 e. The van der Waals surface area contributed by atoms with Gasteiger partial charge in [-0.1, -0.05) is 17.7 Å². The Labute approximate surface area is 115 Å². The molecule has 0 spiro atoms. The second kappa shape index (κ2) is 8.56. The fraction of sp³-hybridized carbons (Fsp3) is 0.467. The number of methoxy groups -OCH3 is 1. The highest BCUT2D eigenvalue weighted by Gasteiger charge is 2.04. The van der Waals surface area contributed by atoms with Gasteiger partial charge in [-0.05, 0) is 26.0 Å². The maximum absolute atomic E-state index is 9.76. The van der Waals surface area contributed by atoms with Gasteiger partial charge in [0.25, 0.3) is 0 Å². The topological polar surface area (TPSA) is 50.7 Å². The lowest BCUT2D eigenvalue weighted by atomic mass is 10.3. The van der Waals surface area contributed by atoms with Gasteiger partial charge in [-0.15, -0.1) is 0 Å². The standard InChI is InChI=1S/C15H23NO3/c1-12(2)7-8-16-10-13(17)11-19-15-6-4-5-14(9-15)18-3/h4-7,9,13,16-17H,8,10-11H2,1-3H3. The number of rotatable bonds is 8. The molecule has 0 fully saturated rings. The molecule has 1 aromatic carbocycles. The van der Waals surface area contributed by atoms with Gasteiger partial charge in [-0.3, -0.25) is 0 Å². The number of aliphatic hydroxyl groups is 1. The van der Waals surface area contributed by atoms with Crippen molar-refractivity contribution in [2.75, 3.05) is 26.8 Å². The van der Waals surface area contributed by atoms with E-state index in [0.717, 1.165) is 12.3 Å². The summed E-state index contributed by atoms with van der Waals surface area (Å²) in [6.45, 7) is 5.62. The molecule has 1 aromatic rings. The molecule has 0 amide bonds. The zero-order valence-corrected chi connectivity index (χ0v) is 11.8. The number of aliphatic hydroxyl groups excluding tert-OH is 1. The summed E-state index contributed by atoms with van der Waals surface area (Å²) in [7, 11) is 1.61. The lowest BCUT2D eigenvalue weighted by Crippen LogP contribution is -2.31. The van der Waals surface area contributed by atoms with Crippen LogP contribution in [0.3, 0.4) is 0 Å². The Kier molecular flexibility index (Phi) is 7.00. The lowest BCUT2D eigenvalue weighted by Gasteiger charge is -2.13. The summed E-state index contributed by atoms with van der Waals surface area (Å²) in [6, 6.07) is 7.34. The maximum Gasteiger partial charge on any atom is 0.123 e. The molecule has 1 unspecified atom stereocenters. The molecule has 0 radical (unpaired) electrons. The Hall–Kier alpha value is -1.52. The number of benzene rings is 1. The number of ether oxygens (including phenoxy) is 2. The van der Waals surface area contributed by atoms with Crippen LogP contribution in [-0.4, -0.2) is 38.0 Å². The molecule has 1 rings (SSSR count). The van der Waals surface area contributed by atoms with Crippen LogP contribution < -0.4 is 14.8 Å². The molecule has 0 saturated carbocycles. The minimum Gasteiger partial charge on any atom is -0.497 e. The van der Waals surface area contributed by atoms with Gasteiger partial charge in [0, 0.05) is 19.2 Å². The van der Waals surface area contributed by atoms with E-state index in [9.17, 15) is 5.11 Å². The van der Waals surface area contributed by atoms with Crippen molar-refractivity contribution in [3.05, 3.63) is 35.9 Å². The van der Waals surface area contributed by atoms with Crippen LogP contribution in [0.4, 0.5) is 0 Å². The SMILES string of the molecule is COc1cccc(OCC(O)CNCC=C(C)C)c1. The van der Waals surface area contributed by atoms with Crippen LogP contribution in [-0.2, 0) is 0 Å². The molecule has 106 valence electrons. The van der Waals surface area contributed by atoms with Gasteiger partial charge in [0.1, 0.15) is 24.2 Å². The van der Waals surface area contributed by atoms with Crippen LogP contribution in [0.2, 0.25) is 0 Å². The first-order valence-electron chi connectivity index (χ1n) is 6.41. The summed E-state index contributed by atoms with van der Waals surface area (Å²) < 4.78 is 10.6. The minimum atomic E-state index is -0.531. The lowest BCUT2D eigenvalue weighted by molar-refractivity contribution is 0.107. The van der Waals surface area contributed by atoms with Crippen molar-refractivity contribution in [1.29, 1.82) is 0 Å². The molecule has 0 heterocycles. The molecule has 0 aliphatic heterocycles. The quantitative estimate of drug-likeness (QED) is 0.557. The van der Waals surface area contributed by atoms with Crippen molar-refractivity contribution in [3.8, 4) is 11.5 Å². The third-order valence-corrected chi connectivity index (χ3v) is 2.52. The Balaban J connectivity index is 2.25. The van der Waals surface area contributed by atoms with Crippen LogP contribution >= 0.6 is 0 Å². The molecule has 2 N–H and O–H groups in total. The highest BCUT2D eigenvalue weighted by atomic mass is 16.5. The van der Waals surface area contributed by atoms with Crippen LogP contribution in [0.1, 0.15) is 13.8 Å². The Morgan fingerprint density at radius 3 is 2.79 bits per heavy atom. The van der Waals surface area contributed by atoms with E-state index < -0.39 is 6.10 Å². The molecule has 19 heavy (non-hydrogen) atoms. The maximum atomic E-state index is 9.76. The molecule has 0 aromatic heterocycles. The highest BCUT2D eigenvalue weighted by Crippen LogP contribution is 2.18. The van der Waals surface area contributed by atoms with Crippen molar-refractivity contribution in [1.82, 2.24) is 5.32 Å². The Morgan fingerprint density at radius 1 is 1.37 bits per heavy atom. The zero-order chi connectivity index (χ0) is 14.1. The number of nitrogens with one attached hydrogen (secondary N) is 1. The Bertz CT molecular complexity index is 400. The average Bonchev–Trinajstić information content (AvgIpc) is 2.41. The second-order valence-corrected chi connectivity index (χ2v) is 4.58. The molecule has 4 heteroatoms. The first kappa shape index (κ1) is 15.5. The van der Waals surface area contributed by atoms with Gasteiger partial charge in [0.2, 0.25) is 0 Å². The molecular formula is C15H23NO3. The van der Waals surface area contributed by atoms with Crippen molar-refractivity contribution >= 4 is 0 Å². The molecule has 0 saturated heterocycles. The summed E-state index contributed by atoms with van der Waals surface area (Å²) >= 11 is 0. The predicted molar refractivity (Wildman–Crippen MR) is 76.8 cm³/mol. The van der Waals surface area contributed by atoms with Crippen LogP contribution in [0.25, 0.3) is 0 Å². The number of hydrogen-bond acceptors (Lipinski definition) is 4. The van der Waals surface area contributed by atoms with Crippen molar-refractivity contribution in [2.45, 2.75) is 20.0 Å². The van der Waals surface area contributed by atoms with Crippen molar-refractivity contribution in [2.24, 2.45) is 0 Å². The van der Waals surface area contributed by atoms with Gasteiger partial charge < -0.3 is 19.9 Å². The average molecular weight is 265 g/mol. The molecule has 0 aliphatic carbocycles. The van der Waals surface area contributed by atoms with E-state index >= 15 is 0 Å². The van der Waals surface area contributed by atoms with E-state index in [-0.39, 0.29) is 6.61 Å². The Morgan fingerprint density at radius 2 is 2.11 bits per heavy atom. The van der Waals surface area contributed by atoms with Crippen LogP contribution in [0.15, 0.2) is 35.9 Å². The molecule has 1 atom stereocenters. The van der Waals surface area contributed by atoms with Crippen LogP contribution in [0, 0.1) is 0 Å². The van der Waals surface area contributed by atoms with Gasteiger partial charge in [-0.2, -0.15) is 0 Å². The summed E-state index contributed by atoms with van der Waals surface area (Å²) in [5.74, 6) is 1.44. The van der Waals surface area contributed by atoms with Crippen molar-refractivity contribution in [3.63, 3.8) is 0 Å². The largest absolute Gasteiger partial charge is 0.497 e. The fourth-order valence-corrected chi connectivity index (χ4v) is 1.47. The highest BCUT2D eigenvalue weighted by molar-refractivity contribution is 5.32. The molecular weight excluding hydrogens is 242 g/mol. The summed E-state index contributed by atoms with van der Waals surface area (Å²) in [4.78, 5) is 0. The second-order valence-electron chi connectivity index (χ2n) is 4.58. The number of hydrogen-bond donors (Lipinski definition) is 2. The van der Waals surface area contributed by atoms with E-state index in [1.54, 1.807) is 13.2 Å². The molecule has 4 nitrogen and oxygen atoms in total. The first-order chi connectivity index (χ1) is 9.11. The van der Waals surface area contributed by atoms with E-state index in [1.807, 2.05) is 32.0 Å². The molecule has 0 bridgehead atoms. The first-order valence-corrected chi connectivity index (χ1v) is 6.41. The van der Waals surface area contributed by atoms with E-state index in [2.05, 4.69) is 11.4 Å². The summed E-state index contributed by atoms with van der Waals surface area (Å²) in [5, 5.41) is 12.9. The zero-order valence-electron chi connectivity index (χ0n) is 11.8. The van der Waals surface area contributed by atoms with Gasteiger partial charge in [0.15, 0.2) is 0 Å². The number of allylic oxidation sites excluding steroid dienone is 1. The van der Waals surface area contributed by atoms with E-state index in [4.69, 9.17) is 9.47 Å². The third-order valence-electron chi connectivity index (χ3n) is 2.52. The van der Waals surface area contributed by atoms with E-state index in [0.29, 0.717) is 12.3 Å². The van der Waals surface area contributed by atoms with Gasteiger partial charge in [0.05, 0.1) is 7.11 Å². The fourth-order valence-electron chi connectivity index (χ4n) is 1.47. The van der Waals surface area contributed by atoms with Crippen LogP contribution in [0.5, 0.6) is 11.5 Å². The van der Waals surface area contributed by atoms with Crippen molar-refractivity contribution < 1.29 is 14.6 Å². The third kappa shape index (κ3) is 6.84. The monoisotopic (exact) mass is 265 g/mol. The molecule has 0 aliphatic rings. The van der Waals surface area contributed by atoms with Gasteiger partial charge in [-0.25, -0.2) is 0 Å². The summed E-state index contributed by atoms with van der Waals surface area (Å²) in [5.41, 5.74) is 1.26.